The Labute approximate surface area is 176 Å². The van der Waals surface area contributed by atoms with Crippen LogP contribution in [0.5, 0.6) is 0 Å². The number of nitrogen functional groups attached to an aromatic ring is 1. The van der Waals surface area contributed by atoms with Gasteiger partial charge in [0, 0.05) is 12.3 Å². The molecule has 4 rings (SSSR count). The highest BCUT2D eigenvalue weighted by atomic mass is 19.4. The SMILES string of the molecule is N#Cc1ccnc(-c2nc(N)nc3c2cnn3Cc2ccc([N+](=O)[O-])c(C(F)(F)F)c2)c1. The second kappa shape index (κ2) is 7.58. The number of rotatable bonds is 4. The van der Waals surface area contributed by atoms with Gasteiger partial charge in [0.25, 0.3) is 5.69 Å². The van der Waals surface area contributed by atoms with Gasteiger partial charge in [-0.05, 0) is 23.8 Å². The first-order valence-corrected chi connectivity index (χ1v) is 8.87. The van der Waals surface area contributed by atoms with Crippen molar-refractivity contribution in [2.24, 2.45) is 0 Å². The number of pyridine rings is 1. The summed E-state index contributed by atoms with van der Waals surface area (Å²) in [7, 11) is 0. The topological polar surface area (TPSA) is 149 Å². The van der Waals surface area contributed by atoms with Crippen LogP contribution < -0.4 is 5.73 Å². The molecule has 0 atom stereocenters. The molecule has 3 aromatic heterocycles. The Hall–Kier alpha value is -4.60. The zero-order chi connectivity index (χ0) is 23.0. The van der Waals surface area contributed by atoms with Gasteiger partial charge in [-0.15, -0.1) is 0 Å². The lowest BCUT2D eigenvalue weighted by molar-refractivity contribution is -0.388. The maximum Gasteiger partial charge on any atom is 0.423 e. The van der Waals surface area contributed by atoms with Crippen molar-refractivity contribution in [1.29, 1.82) is 5.26 Å². The molecular formula is C19H11F3N8O2. The van der Waals surface area contributed by atoms with Crippen LogP contribution in [0.25, 0.3) is 22.4 Å². The van der Waals surface area contributed by atoms with Gasteiger partial charge in [-0.2, -0.15) is 28.5 Å². The van der Waals surface area contributed by atoms with Gasteiger partial charge in [0.05, 0.1) is 40.4 Å². The van der Waals surface area contributed by atoms with E-state index in [1.54, 1.807) is 0 Å². The van der Waals surface area contributed by atoms with E-state index in [4.69, 9.17) is 11.0 Å². The number of hydrogen-bond donors (Lipinski definition) is 1. The number of benzene rings is 1. The van der Waals surface area contributed by atoms with E-state index in [-0.39, 0.29) is 23.7 Å². The zero-order valence-corrected chi connectivity index (χ0v) is 15.9. The highest BCUT2D eigenvalue weighted by Gasteiger charge is 2.38. The Kier molecular flexibility index (Phi) is 4.90. The third-order valence-corrected chi connectivity index (χ3v) is 4.54. The number of alkyl halides is 3. The first-order valence-electron chi connectivity index (χ1n) is 8.87. The molecule has 0 aliphatic carbocycles. The second-order valence-electron chi connectivity index (χ2n) is 6.62. The Balaban J connectivity index is 1.80. The molecular weight excluding hydrogens is 429 g/mol. The number of nitriles is 1. The molecule has 3 heterocycles. The molecule has 160 valence electrons. The molecule has 0 radical (unpaired) electrons. The molecule has 1 aromatic carbocycles. The summed E-state index contributed by atoms with van der Waals surface area (Å²) < 4.78 is 41.1. The summed E-state index contributed by atoms with van der Waals surface area (Å²) >= 11 is 0. The number of fused-ring (bicyclic) bond motifs is 1. The van der Waals surface area contributed by atoms with E-state index in [0.717, 1.165) is 6.07 Å². The molecule has 2 N–H and O–H groups in total. The van der Waals surface area contributed by atoms with Crippen molar-refractivity contribution in [2.45, 2.75) is 12.7 Å². The maximum absolute atomic E-state index is 13.3. The Morgan fingerprint density at radius 1 is 1.22 bits per heavy atom. The molecule has 0 aliphatic rings. The molecule has 0 saturated heterocycles. The van der Waals surface area contributed by atoms with E-state index in [2.05, 4.69) is 20.1 Å². The minimum atomic E-state index is -4.90. The van der Waals surface area contributed by atoms with Crippen molar-refractivity contribution in [3.05, 3.63) is 69.5 Å². The number of aromatic nitrogens is 5. The van der Waals surface area contributed by atoms with Gasteiger partial charge in [-0.3, -0.25) is 15.1 Å². The molecule has 0 fully saturated rings. The Bertz CT molecular complexity index is 1410. The lowest BCUT2D eigenvalue weighted by atomic mass is 10.1. The average molecular weight is 440 g/mol. The van der Waals surface area contributed by atoms with E-state index in [1.807, 2.05) is 6.07 Å². The van der Waals surface area contributed by atoms with Crippen molar-refractivity contribution in [1.82, 2.24) is 24.7 Å². The van der Waals surface area contributed by atoms with Crippen molar-refractivity contribution >= 4 is 22.7 Å². The van der Waals surface area contributed by atoms with Crippen molar-refractivity contribution in [3.8, 4) is 17.5 Å². The highest BCUT2D eigenvalue weighted by Crippen LogP contribution is 2.37. The average Bonchev–Trinajstić information content (AvgIpc) is 3.14. The monoisotopic (exact) mass is 440 g/mol. The van der Waals surface area contributed by atoms with Gasteiger partial charge >= 0.3 is 6.18 Å². The van der Waals surface area contributed by atoms with E-state index in [9.17, 15) is 23.3 Å². The summed E-state index contributed by atoms with van der Waals surface area (Å²) in [6.07, 6.45) is -2.07. The van der Waals surface area contributed by atoms with Crippen LogP contribution in [0.4, 0.5) is 24.8 Å². The molecule has 4 aromatic rings. The largest absolute Gasteiger partial charge is 0.423 e. The smallest absolute Gasteiger partial charge is 0.368 e. The Morgan fingerprint density at radius 2 is 2.00 bits per heavy atom. The highest BCUT2D eigenvalue weighted by molar-refractivity contribution is 5.90. The predicted molar refractivity (Wildman–Crippen MR) is 105 cm³/mol. The van der Waals surface area contributed by atoms with Crippen LogP contribution in [0.3, 0.4) is 0 Å². The lowest BCUT2D eigenvalue weighted by Gasteiger charge is -2.10. The van der Waals surface area contributed by atoms with Crippen LogP contribution >= 0.6 is 0 Å². The number of anilines is 1. The van der Waals surface area contributed by atoms with Crippen molar-refractivity contribution < 1.29 is 18.1 Å². The van der Waals surface area contributed by atoms with Gasteiger partial charge in [0.15, 0.2) is 5.65 Å². The molecule has 0 bridgehead atoms. The minimum Gasteiger partial charge on any atom is -0.368 e. The summed E-state index contributed by atoms with van der Waals surface area (Å²) in [5.74, 6) is -0.127. The van der Waals surface area contributed by atoms with Crippen LogP contribution in [0.15, 0.2) is 42.7 Å². The second-order valence-corrected chi connectivity index (χ2v) is 6.62. The number of nitrogens with two attached hydrogens (primary N) is 1. The van der Waals surface area contributed by atoms with E-state index < -0.39 is 22.4 Å². The summed E-state index contributed by atoms with van der Waals surface area (Å²) in [4.78, 5) is 22.3. The summed E-state index contributed by atoms with van der Waals surface area (Å²) in [5, 5.41) is 24.6. The van der Waals surface area contributed by atoms with E-state index in [0.29, 0.717) is 28.4 Å². The van der Waals surface area contributed by atoms with Crippen LogP contribution in [-0.4, -0.2) is 29.7 Å². The van der Waals surface area contributed by atoms with E-state index in [1.165, 1.54) is 35.3 Å². The lowest BCUT2D eigenvalue weighted by Crippen LogP contribution is -2.11. The summed E-state index contributed by atoms with van der Waals surface area (Å²) in [5.41, 5.74) is 4.75. The van der Waals surface area contributed by atoms with Crippen LogP contribution in [0.1, 0.15) is 16.7 Å². The molecule has 13 heteroatoms. The maximum atomic E-state index is 13.3. The van der Waals surface area contributed by atoms with Crippen LogP contribution in [0.2, 0.25) is 0 Å². The summed E-state index contributed by atoms with van der Waals surface area (Å²) in [6.45, 7) is -0.161. The molecule has 0 spiro atoms. The quantitative estimate of drug-likeness (QED) is 0.375. The van der Waals surface area contributed by atoms with Gasteiger partial charge in [-0.25, -0.2) is 9.67 Å². The molecule has 0 aliphatic heterocycles. The van der Waals surface area contributed by atoms with Gasteiger partial charge < -0.3 is 5.73 Å². The van der Waals surface area contributed by atoms with Gasteiger partial charge in [-0.1, -0.05) is 6.07 Å². The van der Waals surface area contributed by atoms with Gasteiger partial charge in [0.2, 0.25) is 5.95 Å². The normalized spacial score (nSPS) is 11.4. The third-order valence-electron chi connectivity index (χ3n) is 4.54. The first kappa shape index (κ1) is 20.7. The number of nitrogens with zero attached hydrogens (tertiary/aromatic N) is 7. The molecule has 0 amide bonds. The molecule has 0 saturated carbocycles. The molecule has 0 unspecified atom stereocenters. The fourth-order valence-electron chi connectivity index (χ4n) is 3.15. The molecule has 10 nitrogen and oxygen atoms in total. The number of halogens is 3. The van der Waals surface area contributed by atoms with E-state index >= 15 is 0 Å². The third kappa shape index (κ3) is 3.76. The fourth-order valence-corrected chi connectivity index (χ4v) is 3.15. The van der Waals surface area contributed by atoms with Crippen LogP contribution in [-0.2, 0) is 12.7 Å². The van der Waals surface area contributed by atoms with Gasteiger partial charge in [0.1, 0.15) is 11.3 Å². The number of nitro groups is 1. The molecule has 32 heavy (non-hydrogen) atoms. The zero-order valence-electron chi connectivity index (χ0n) is 15.9. The van der Waals surface area contributed by atoms with Crippen LogP contribution in [0, 0.1) is 21.4 Å². The number of hydrogen-bond acceptors (Lipinski definition) is 8. The standard InChI is InChI=1S/C19H11F3N8O2/c20-19(21,22)13-5-11(1-2-15(13)30(31)32)9-29-17-12(8-26-29)16(27-18(24)28-17)14-6-10(7-23)3-4-25-14/h1-6,8H,9H2,(H2,24,27,28). The first-order chi connectivity index (χ1) is 15.2. The minimum absolute atomic E-state index is 0.122. The fraction of sp³-hybridized carbons (Fsp3) is 0.105. The Morgan fingerprint density at radius 3 is 2.69 bits per heavy atom. The number of nitro benzene ring substituents is 1. The summed E-state index contributed by atoms with van der Waals surface area (Å²) in [6, 6.07) is 7.73. The van der Waals surface area contributed by atoms with Crippen molar-refractivity contribution in [2.75, 3.05) is 5.73 Å². The van der Waals surface area contributed by atoms with Crippen molar-refractivity contribution in [3.63, 3.8) is 0 Å². The predicted octanol–water partition coefficient (Wildman–Crippen LogP) is 3.32.